The van der Waals surface area contributed by atoms with Crippen molar-refractivity contribution in [1.82, 2.24) is 39.9 Å². The number of nitrogen functional groups attached to an aromatic ring is 2. The molecule has 0 bridgehead atoms. The minimum atomic E-state index is -1.67. The number of hydrogen-bond acceptors (Lipinski definition) is 21. The number of aliphatic carboxylic acids is 1. The van der Waals surface area contributed by atoms with E-state index in [1.807, 2.05) is 0 Å². The van der Waals surface area contributed by atoms with Crippen LogP contribution < -0.4 is 33.6 Å². The molecule has 29 nitrogen and oxygen atoms in total. The Morgan fingerprint density at radius 3 is 1.44 bits per heavy atom. The van der Waals surface area contributed by atoms with Crippen molar-refractivity contribution < 1.29 is 69.5 Å². The van der Waals surface area contributed by atoms with Crippen LogP contribution in [0, 0.1) is 76.5 Å². The second-order valence-corrected chi connectivity index (χ2v) is 20.8. The maximum absolute atomic E-state index is 13.6. The number of carboxylic acid groups (broad SMARTS) is 2. The number of carbonyl (C=O) groups is 2. The molecule has 0 aliphatic carbocycles. The number of hydrogen-bond donors (Lipinski definition) is 9. The van der Waals surface area contributed by atoms with Crippen molar-refractivity contribution in [3.63, 3.8) is 0 Å². The Kier molecular flexibility index (Phi) is 31.2. The maximum Gasteiger partial charge on any atom is 0.337 e. The van der Waals surface area contributed by atoms with Gasteiger partial charge in [-0.25, -0.2) is 56.5 Å². The van der Waals surface area contributed by atoms with E-state index in [4.69, 9.17) is 70.9 Å². The van der Waals surface area contributed by atoms with E-state index in [9.17, 15) is 75.5 Å². The summed E-state index contributed by atoms with van der Waals surface area (Å²) in [6, 6.07) is 20.7. The zero-order valence-corrected chi connectivity index (χ0v) is 52.0. The van der Waals surface area contributed by atoms with E-state index < -0.39 is 93.5 Å². The molecule has 0 saturated heterocycles. The summed E-state index contributed by atoms with van der Waals surface area (Å²) in [5, 5.41) is 57.2. The fourth-order valence-electron chi connectivity index (χ4n) is 6.69. The molecule has 502 valence electrons. The normalized spacial score (nSPS) is 9.90. The number of benzene rings is 7. The molecular formula is C54H38Cl5F7N16O13S. The van der Waals surface area contributed by atoms with E-state index in [1.165, 1.54) is 61.2 Å². The number of halogens is 12. The van der Waals surface area contributed by atoms with Gasteiger partial charge < -0.3 is 42.7 Å². The van der Waals surface area contributed by atoms with Crippen LogP contribution in [0.25, 0.3) is 43.6 Å². The Bertz CT molecular complexity index is 4810. The van der Waals surface area contributed by atoms with Gasteiger partial charge in [0.15, 0.2) is 0 Å². The van der Waals surface area contributed by atoms with E-state index in [1.54, 1.807) is 0 Å². The van der Waals surface area contributed by atoms with E-state index in [-0.39, 0.29) is 76.4 Å². The van der Waals surface area contributed by atoms with Gasteiger partial charge in [-0.1, -0.05) is 34.8 Å². The fourth-order valence-corrected chi connectivity index (χ4v) is 7.26. The van der Waals surface area contributed by atoms with Crippen molar-refractivity contribution >= 4 is 167 Å². The third-order valence-electron chi connectivity index (χ3n) is 10.6. The van der Waals surface area contributed by atoms with Gasteiger partial charge in [-0.2, -0.15) is 13.2 Å². The van der Waals surface area contributed by atoms with Gasteiger partial charge in [0.1, 0.15) is 46.9 Å². The quantitative estimate of drug-likeness (QED) is 0.0109. The molecule has 0 aliphatic rings. The first-order valence-corrected chi connectivity index (χ1v) is 28.7. The number of aromatic amines is 2. The zero-order chi connectivity index (χ0) is 72.3. The third-order valence-corrected chi connectivity index (χ3v) is 11.5. The molecule has 0 unspecified atom stereocenters. The Balaban J connectivity index is 0.000000297. The molecule has 96 heavy (non-hydrogen) atoms. The lowest BCUT2D eigenvalue weighted by molar-refractivity contribution is -0.387. The number of nitro groups is 3. The molecule has 4 heterocycles. The summed E-state index contributed by atoms with van der Waals surface area (Å²) < 4.78 is 99.4. The van der Waals surface area contributed by atoms with Crippen LogP contribution in [0.2, 0.25) is 15.2 Å². The average molecular weight is 1460 g/mol. The lowest BCUT2D eigenvalue weighted by atomic mass is 10.2. The summed E-state index contributed by atoms with van der Waals surface area (Å²) >= 11 is 16.7. The van der Waals surface area contributed by atoms with Gasteiger partial charge in [-0.3, -0.25) is 50.1 Å². The molecular weight excluding hydrogens is 1420 g/mol. The van der Waals surface area contributed by atoms with Gasteiger partial charge in [0.05, 0.1) is 87.6 Å². The van der Waals surface area contributed by atoms with Crippen molar-refractivity contribution in [3.05, 3.63) is 247 Å². The number of aromatic nitrogens is 8. The molecule has 0 aliphatic heterocycles. The molecule has 4 aromatic heterocycles. The number of anilines is 4. The standard InChI is InChI=1S/C14H7ClF2N4O2.C8H3ClFN3O2.C8H4FN3O3.C8H5FN2O.C7H6FNO2.C6H5ClFN.C2H4O2.CH4N2.Cl2OS/c15-9-3-7(1-2-10(9)16)20-14-8-4-13(21(22)23)11(17)5-12(8)18-6-19-14;9-8-4-1-7(13(14)15)5(10)2-6(4)11-3-12-8;9-5-2-6-4(1-7(5)12(14)15)8(13)11-3-10-6;9-5-1-2-6-7(3-5)10-4-11-8(6)12;8-4-1-2-5(7(10)11)6(9)3-4;7-5-3-4(9)1-2-6(5)8;1-2(3)4;2-1-3;1-4(2)3/h1-6H,(H,18,19,20);1-3H;1-3H,(H,10,11,13);1-4H,(H,10,11,12);1-3H,9H2,(H,10,11);1-3H,9H2;1H3,(H,3,4);1H,(H3,2,3);. The largest absolute Gasteiger partial charge is 0.481 e. The van der Waals surface area contributed by atoms with Gasteiger partial charge in [0, 0.05) is 93.2 Å². The Labute approximate surface area is 555 Å². The molecule has 11 rings (SSSR count). The smallest absolute Gasteiger partial charge is 0.337 e. The zero-order valence-electron chi connectivity index (χ0n) is 47.4. The number of nitro benzene ring substituents is 3. The number of carboxylic acids is 2. The van der Waals surface area contributed by atoms with Crippen molar-refractivity contribution in [2.75, 3.05) is 16.8 Å². The Morgan fingerprint density at radius 2 is 0.979 bits per heavy atom. The lowest BCUT2D eigenvalue weighted by Crippen LogP contribution is -2.07. The van der Waals surface area contributed by atoms with Crippen molar-refractivity contribution in [1.29, 1.82) is 5.41 Å². The van der Waals surface area contributed by atoms with Crippen molar-refractivity contribution in [3.8, 4) is 0 Å². The van der Waals surface area contributed by atoms with Crippen LogP contribution in [-0.2, 0) is 14.0 Å². The highest BCUT2D eigenvalue weighted by atomic mass is 36.0. The lowest BCUT2D eigenvalue weighted by Gasteiger charge is -2.09. The van der Waals surface area contributed by atoms with Crippen LogP contribution >= 0.6 is 56.2 Å². The molecule has 42 heteroatoms. The topological polar surface area (TPSA) is 478 Å². The monoisotopic (exact) mass is 1460 g/mol. The highest BCUT2D eigenvalue weighted by Crippen LogP contribution is 2.31. The molecule has 7 aromatic carbocycles. The maximum atomic E-state index is 13.6. The predicted molar refractivity (Wildman–Crippen MR) is 343 cm³/mol. The first kappa shape index (κ1) is 78.9. The molecule has 0 atom stereocenters. The predicted octanol–water partition coefficient (Wildman–Crippen LogP) is 12.4. The number of nitrogens with zero attached hydrogens (tertiary/aromatic N) is 9. The summed E-state index contributed by atoms with van der Waals surface area (Å²) in [4.78, 5) is 98.2. The SMILES string of the molecule is CC(=O)O.N=CN.Nc1cc(F)ccc1C(=O)O.Nc1ccc(F)c(Cl)c1.O=S(Cl)Cl.O=[N+]([O-])c1cc2c(Cl)ncnc2cc1F.O=[N+]([O-])c1cc2c(Nc3ccc(F)c(Cl)c3)ncnc2cc1F.O=c1[nH]cnc2cc(F)c([N+](=O)[O-])cc12.O=c1[nH]cnc2cc(F)ccc12. The van der Waals surface area contributed by atoms with Gasteiger partial charge in [0.2, 0.25) is 26.7 Å². The third kappa shape index (κ3) is 24.9. The van der Waals surface area contributed by atoms with E-state index in [0.29, 0.717) is 22.3 Å². The number of fused-ring (bicyclic) bond motifs is 4. The summed E-state index contributed by atoms with van der Waals surface area (Å²) in [6.45, 7) is 1.08. The van der Waals surface area contributed by atoms with Gasteiger partial charge in [-0.15, -0.1) is 0 Å². The van der Waals surface area contributed by atoms with Crippen molar-refractivity contribution in [2.24, 2.45) is 5.73 Å². The molecule has 11 aromatic rings. The Morgan fingerprint density at radius 1 is 0.573 bits per heavy atom. The molecule has 0 saturated carbocycles. The van der Waals surface area contributed by atoms with Gasteiger partial charge >= 0.3 is 23.0 Å². The molecule has 12 N–H and O–H groups in total. The average Bonchev–Trinajstić information content (AvgIpc) is 0.814. The second-order valence-electron chi connectivity index (χ2n) is 17.1. The number of nitrogens with two attached hydrogens (primary N) is 3. The fraction of sp³-hybridized carbons (Fsp3) is 0.0185. The molecule has 0 amide bonds. The molecule has 0 radical (unpaired) electrons. The number of rotatable bonds is 6. The van der Waals surface area contributed by atoms with Crippen LogP contribution in [0.1, 0.15) is 17.3 Å². The van der Waals surface area contributed by atoms with E-state index in [0.717, 1.165) is 86.6 Å². The highest BCUT2D eigenvalue weighted by Gasteiger charge is 2.20. The molecule has 0 spiro atoms. The van der Waals surface area contributed by atoms with E-state index >= 15 is 0 Å². The van der Waals surface area contributed by atoms with Crippen LogP contribution in [0.15, 0.2) is 144 Å². The summed E-state index contributed by atoms with van der Waals surface area (Å²) in [5.41, 5.74) is 13.7. The second kappa shape index (κ2) is 38.0. The van der Waals surface area contributed by atoms with Gasteiger partial charge in [0.25, 0.3) is 17.1 Å². The van der Waals surface area contributed by atoms with Gasteiger partial charge in [-0.05, 0) is 66.7 Å². The number of nitrogens with one attached hydrogen (secondary N) is 4. The van der Waals surface area contributed by atoms with Crippen LogP contribution in [0.3, 0.4) is 0 Å². The van der Waals surface area contributed by atoms with Crippen LogP contribution in [0.4, 0.5) is 70.7 Å². The first-order valence-electron chi connectivity index (χ1n) is 24.7. The number of H-pyrrole nitrogens is 2. The summed E-state index contributed by atoms with van der Waals surface area (Å²) in [5.74, 6) is -6.66. The first-order chi connectivity index (χ1) is 45.1. The van der Waals surface area contributed by atoms with Crippen molar-refractivity contribution in [2.45, 2.75) is 6.92 Å². The Hall–Kier alpha value is -11.4. The van der Waals surface area contributed by atoms with Crippen LogP contribution in [-0.4, -0.2) is 87.3 Å². The highest BCUT2D eigenvalue weighted by molar-refractivity contribution is 8.26. The minimum Gasteiger partial charge on any atom is -0.481 e. The number of aromatic carboxylic acids is 1. The molecule has 0 fully saturated rings. The summed E-state index contributed by atoms with van der Waals surface area (Å²) in [7, 11) is 7.36. The van der Waals surface area contributed by atoms with E-state index in [2.05, 4.69) is 72.3 Å². The summed E-state index contributed by atoms with van der Waals surface area (Å²) in [6.07, 6.45) is 5.46. The van der Waals surface area contributed by atoms with Crippen LogP contribution in [0.5, 0.6) is 0 Å². The minimum absolute atomic E-state index is 0.00870.